The number of hydrogen-bond donors (Lipinski definition) is 0. The number of halogens is 3. The third kappa shape index (κ3) is 3.57. The van der Waals surface area contributed by atoms with Crippen LogP contribution in [0, 0.1) is 11.6 Å². The van der Waals surface area contributed by atoms with Gasteiger partial charge < -0.3 is 9.47 Å². The van der Waals surface area contributed by atoms with E-state index in [0.717, 1.165) is 11.0 Å². The fourth-order valence-electron chi connectivity index (χ4n) is 4.16. The Labute approximate surface area is 182 Å². The van der Waals surface area contributed by atoms with Crippen LogP contribution in [-0.4, -0.2) is 22.0 Å². The molecule has 2 heterocycles. The lowest BCUT2D eigenvalue weighted by Crippen LogP contribution is -2.24. The second kappa shape index (κ2) is 7.78. The molecule has 1 aliphatic rings. The summed E-state index contributed by atoms with van der Waals surface area (Å²) in [6, 6.07) is 18.1. The maximum atomic E-state index is 14.5. The fourth-order valence-corrected chi connectivity index (χ4v) is 4.39. The predicted molar refractivity (Wildman–Crippen MR) is 116 cm³/mol. The maximum absolute atomic E-state index is 14.5. The molecular formula is C24H18ClF2N3O. The Morgan fingerprint density at radius 1 is 1.00 bits per heavy atom. The molecule has 0 aliphatic carbocycles. The minimum absolute atomic E-state index is 0.0564. The van der Waals surface area contributed by atoms with Gasteiger partial charge in [-0.3, -0.25) is 4.79 Å². The van der Waals surface area contributed by atoms with Gasteiger partial charge in [0.1, 0.15) is 17.5 Å². The molecule has 4 nitrogen and oxygen atoms in total. The van der Waals surface area contributed by atoms with Crippen molar-refractivity contribution in [1.82, 2.24) is 9.55 Å². The van der Waals surface area contributed by atoms with Crippen molar-refractivity contribution in [3.63, 3.8) is 0 Å². The number of anilines is 1. The van der Waals surface area contributed by atoms with E-state index in [4.69, 9.17) is 16.6 Å². The van der Waals surface area contributed by atoms with Gasteiger partial charge >= 0.3 is 0 Å². The average molecular weight is 438 g/mol. The first kappa shape index (κ1) is 19.7. The Hall–Kier alpha value is -3.25. The highest BCUT2D eigenvalue weighted by Gasteiger charge is 2.35. The van der Waals surface area contributed by atoms with Crippen molar-refractivity contribution in [2.45, 2.75) is 18.9 Å². The van der Waals surface area contributed by atoms with E-state index in [0.29, 0.717) is 28.6 Å². The number of carbonyl (C=O) groups excluding carboxylic acids is 1. The molecule has 156 valence electrons. The average Bonchev–Trinajstić information content (AvgIpc) is 3.32. The fraction of sp³-hybridized carbons (Fsp3) is 0.167. The molecule has 1 aliphatic heterocycles. The van der Waals surface area contributed by atoms with Crippen molar-refractivity contribution in [3.8, 4) is 0 Å². The zero-order chi connectivity index (χ0) is 21.5. The van der Waals surface area contributed by atoms with Gasteiger partial charge in [-0.25, -0.2) is 13.8 Å². The predicted octanol–water partition coefficient (Wildman–Crippen LogP) is 5.54. The number of benzene rings is 3. The number of rotatable bonds is 4. The van der Waals surface area contributed by atoms with Gasteiger partial charge in [0.2, 0.25) is 5.91 Å². The third-order valence-electron chi connectivity index (χ3n) is 5.69. The van der Waals surface area contributed by atoms with E-state index in [1.165, 1.54) is 18.2 Å². The van der Waals surface area contributed by atoms with E-state index in [1.54, 1.807) is 29.2 Å². The maximum Gasteiger partial charge on any atom is 0.227 e. The monoisotopic (exact) mass is 437 g/mol. The summed E-state index contributed by atoms with van der Waals surface area (Å²) in [6.45, 7) is 0.626. The lowest BCUT2D eigenvalue weighted by atomic mass is 10.1. The van der Waals surface area contributed by atoms with Crippen LogP contribution in [0.3, 0.4) is 0 Å². The van der Waals surface area contributed by atoms with E-state index in [9.17, 15) is 13.6 Å². The van der Waals surface area contributed by atoms with Gasteiger partial charge in [0.25, 0.3) is 0 Å². The third-order valence-corrected chi connectivity index (χ3v) is 6.04. The number of para-hydroxylation sites is 2. The molecule has 5 rings (SSSR count). The highest BCUT2D eigenvalue weighted by molar-refractivity contribution is 6.31. The van der Waals surface area contributed by atoms with E-state index >= 15 is 0 Å². The van der Waals surface area contributed by atoms with Gasteiger partial charge in [-0.1, -0.05) is 29.8 Å². The molecule has 1 saturated heterocycles. The van der Waals surface area contributed by atoms with Crippen molar-refractivity contribution in [1.29, 1.82) is 0 Å². The number of aromatic nitrogens is 2. The summed E-state index contributed by atoms with van der Waals surface area (Å²) in [5.74, 6) is -0.268. The van der Waals surface area contributed by atoms with E-state index in [2.05, 4.69) is 0 Å². The molecule has 0 N–H and O–H groups in total. The second-order valence-corrected chi connectivity index (χ2v) is 8.03. The van der Waals surface area contributed by atoms with Crippen LogP contribution in [0.15, 0.2) is 66.7 Å². The molecule has 31 heavy (non-hydrogen) atoms. The lowest BCUT2D eigenvalue weighted by molar-refractivity contribution is -0.117. The molecule has 4 aromatic rings. The molecule has 1 atom stereocenters. The van der Waals surface area contributed by atoms with Crippen LogP contribution in [0.25, 0.3) is 11.0 Å². The summed E-state index contributed by atoms with van der Waals surface area (Å²) in [5, 5.41) is 0.346. The Bertz CT molecular complexity index is 1270. The number of imidazole rings is 1. The number of nitrogens with zero attached hydrogens (tertiary/aromatic N) is 3. The van der Waals surface area contributed by atoms with Crippen molar-refractivity contribution < 1.29 is 13.6 Å². The zero-order valence-electron chi connectivity index (χ0n) is 16.4. The minimum Gasteiger partial charge on any atom is -0.323 e. The topological polar surface area (TPSA) is 38.1 Å². The van der Waals surface area contributed by atoms with Crippen molar-refractivity contribution >= 4 is 34.2 Å². The highest BCUT2D eigenvalue weighted by atomic mass is 35.5. The van der Waals surface area contributed by atoms with E-state index in [1.807, 2.05) is 28.8 Å². The second-order valence-electron chi connectivity index (χ2n) is 7.63. The van der Waals surface area contributed by atoms with Crippen LogP contribution in [0.2, 0.25) is 5.02 Å². The van der Waals surface area contributed by atoms with Crippen LogP contribution in [-0.2, 0) is 11.3 Å². The SMILES string of the molecule is O=C1CC(c2nc3ccccc3n2Cc2c(F)cccc2Cl)CN1c1ccc(F)cc1. The number of amides is 1. The van der Waals surface area contributed by atoms with Gasteiger partial charge in [0, 0.05) is 35.2 Å². The molecule has 0 radical (unpaired) electrons. The summed E-state index contributed by atoms with van der Waals surface area (Å²) in [7, 11) is 0. The molecule has 1 amide bonds. The molecule has 1 aromatic heterocycles. The van der Waals surface area contributed by atoms with Crippen molar-refractivity contribution in [2.24, 2.45) is 0 Å². The quantitative estimate of drug-likeness (QED) is 0.420. The zero-order valence-corrected chi connectivity index (χ0v) is 17.2. The first-order chi connectivity index (χ1) is 15.0. The van der Waals surface area contributed by atoms with Crippen LogP contribution in [0.1, 0.15) is 23.7 Å². The van der Waals surface area contributed by atoms with Gasteiger partial charge in [0.15, 0.2) is 0 Å². The molecule has 1 unspecified atom stereocenters. The van der Waals surface area contributed by atoms with Crippen LogP contribution >= 0.6 is 11.6 Å². The number of hydrogen-bond acceptors (Lipinski definition) is 2. The molecule has 0 saturated carbocycles. The molecule has 7 heteroatoms. The standard InChI is InChI=1S/C24H18ClF2N3O/c25-19-4-3-5-20(27)18(19)14-30-22-7-2-1-6-21(22)28-24(30)15-12-23(31)29(13-15)17-10-8-16(26)9-11-17/h1-11,15H,12-14H2. The Kier molecular flexibility index (Phi) is 4.94. The summed E-state index contributed by atoms with van der Waals surface area (Å²) >= 11 is 6.28. The summed E-state index contributed by atoms with van der Waals surface area (Å²) in [6.07, 6.45) is 0.270. The summed E-state index contributed by atoms with van der Waals surface area (Å²) in [4.78, 5) is 19.2. The number of fused-ring (bicyclic) bond motifs is 1. The highest BCUT2D eigenvalue weighted by Crippen LogP contribution is 2.34. The van der Waals surface area contributed by atoms with Gasteiger partial charge in [-0.15, -0.1) is 0 Å². The molecule has 0 spiro atoms. The number of carbonyl (C=O) groups is 1. The van der Waals surface area contributed by atoms with E-state index in [-0.39, 0.29) is 36.4 Å². The smallest absolute Gasteiger partial charge is 0.227 e. The summed E-state index contributed by atoms with van der Waals surface area (Å²) < 4.78 is 29.8. The summed E-state index contributed by atoms with van der Waals surface area (Å²) in [5.41, 5.74) is 2.66. The van der Waals surface area contributed by atoms with Crippen molar-refractivity contribution in [2.75, 3.05) is 11.4 Å². The molecule has 1 fully saturated rings. The van der Waals surface area contributed by atoms with Crippen LogP contribution in [0.5, 0.6) is 0 Å². The van der Waals surface area contributed by atoms with Gasteiger partial charge in [-0.2, -0.15) is 0 Å². The van der Waals surface area contributed by atoms with Gasteiger partial charge in [-0.05, 0) is 48.5 Å². The van der Waals surface area contributed by atoms with Crippen molar-refractivity contribution in [3.05, 3.63) is 94.8 Å². The van der Waals surface area contributed by atoms with E-state index < -0.39 is 0 Å². The molecule has 0 bridgehead atoms. The Morgan fingerprint density at radius 2 is 1.77 bits per heavy atom. The molecular weight excluding hydrogens is 420 g/mol. The van der Waals surface area contributed by atoms with Crippen LogP contribution < -0.4 is 4.90 Å². The Morgan fingerprint density at radius 3 is 2.55 bits per heavy atom. The normalized spacial score (nSPS) is 16.4. The first-order valence-corrected chi connectivity index (χ1v) is 10.3. The molecule has 3 aromatic carbocycles. The van der Waals surface area contributed by atoms with Gasteiger partial charge in [0.05, 0.1) is 17.6 Å². The largest absolute Gasteiger partial charge is 0.323 e. The first-order valence-electron chi connectivity index (χ1n) is 9.95. The lowest BCUT2D eigenvalue weighted by Gasteiger charge is -2.18. The minimum atomic E-state index is -0.383. The van der Waals surface area contributed by atoms with Crippen LogP contribution in [0.4, 0.5) is 14.5 Å². The Balaban J connectivity index is 1.55.